The van der Waals surface area contributed by atoms with Gasteiger partial charge < -0.3 is 10.1 Å². The topological polar surface area (TPSA) is 51.2 Å². The van der Waals surface area contributed by atoms with Crippen LogP contribution < -0.4 is 5.32 Å². The van der Waals surface area contributed by atoms with Gasteiger partial charge in [0.2, 0.25) is 5.91 Å². The number of thiazole rings is 1. The second-order valence-corrected chi connectivity index (χ2v) is 4.49. The summed E-state index contributed by atoms with van der Waals surface area (Å²) in [6.45, 7) is 6.45. The number of aromatic nitrogens is 1. The molecule has 1 aromatic rings. The predicted molar refractivity (Wildman–Crippen MR) is 64.5 cm³/mol. The molecule has 0 atom stereocenters. The Morgan fingerprint density at radius 2 is 2.44 bits per heavy atom. The maximum absolute atomic E-state index is 11.5. The summed E-state index contributed by atoms with van der Waals surface area (Å²) < 4.78 is 5.00. The largest absolute Gasteiger partial charge is 0.378 e. The Kier molecular flexibility index (Phi) is 5.14. The van der Waals surface area contributed by atoms with Crippen LogP contribution in [0.15, 0.2) is 12.7 Å². The molecule has 0 aliphatic heterocycles. The zero-order chi connectivity index (χ0) is 12.0. The third-order valence-corrected chi connectivity index (χ3v) is 3.10. The van der Waals surface area contributed by atoms with Crippen molar-refractivity contribution in [1.82, 2.24) is 10.3 Å². The molecule has 0 saturated heterocycles. The second-order valence-electron chi connectivity index (χ2n) is 3.32. The van der Waals surface area contributed by atoms with Gasteiger partial charge in [0, 0.05) is 18.5 Å². The number of aryl methyl sites for hydroxylation is 1. The van der Waals surface area contributed by atoms with E-state index in [0.717, 1.165) is 15.6 Å². The van der Waals surface area contributed by atoms with Gasteiger partial charge in [0.15, 0.2) is 0 Å². The quantitative estimate of drug-likeness (QED) is 0.766. The van der Waals surface area contributed by atoms with E-state index >= 15 is 0 Å². The van der Waals surface area contributed by atoms with Crippen molar-refractivity contribution in [2.24, 2.45) is 0 Å². The van der Waals surface area contributed by atoms with Gasteiger partial charge in [0.25, 0.3) is 0 Å². The Labute approximate surface area is 99.3 Å². The molecule has 16 heavy (non-hydrogen) atoms. The predicted octanol–water partition coefficient (Wildman–Crippen LogP) is 1.44. The zero-order valence-corrected chi connectivity index (χ0v) is 10.4. The average Bonchev–Trinajstić information content (AvgIpc) is 2.57. The molecule has 0 spiro atoms. The Hall–Kier alpha value is -1.20. The first-order valence-corrected chi connectivity index (χ1v) is 5.80. The fraction of sp³-hybridized carbons (Fsp3) is 0.455. The third-order valence-electron chi connectivity index (χ3n) is 1.97. The molecule has 5 heteroatoms. The maximum atomic E-state index is 11.5. The minimum Gasteiger partial charge on any atom is -0.378 e. The van der Waals surface area contributed by atoms with Gasteiger partial charge in [-0.1, -0.05) is 6.08 Å². The number of methoxy groups -OCH3 is 1. The van der Waals surface area contributed by atoms with Crippen molar-refractivity contribution in [1.29, 1.82) is 0 Å². The van der Waals surface area contributed by atoms with Crippen molar-refractivity contribution in [3.63, 3.8) is 0 Å². The normalized spacial score (nSPS) is 10.1. The van der Waals surface area contributed by atoms with E-state index < -0.39 is 0 Å². The second kappa shape index (κ2) is 6.40. The van der Waals surface area contributed by atoms with Crippen LogP contribution in [0.5, 0.6) is 0 Å². The van der Waals surface area contributed by atoms with Gasteiger partial charge in [0.1, 0.15) is 5.01 Å². The lowest BCUT2D eigenvalue weighted by molar-refractivity contribution is -0.120. The van der Waals surface area contributed by atoms with E-state index in [1.54, 1.807) is 13.2 Å². The lowest BCUT2D eigenvalue weighted by Gasteiger charge is -2.00. The van der Waals surface area contributed by atoms with Gasteiger partial charge >= 0.3 is 0 Å². The van der Waals surface area contributed by atoms with E-state index in [9.17, 15) is 4.79 Å². The zero-order valence-electron chi connectivity index (χ0n) is 9.58. The Bertz CT molecular complexity index is 374. The first-order chi connectivity index (χ1) is 7.67. The van der Waals surface area contributed by atoms with Crippen LogP contribution in [0.4, 0.5) is 0 Å². The molecule has 4 nitrogen and oxygen atoms in total. The Balaban J connectivity index is 2.58. The average molecular weight is 240 g/mol. The number of hydrogen-bond acceptors (Lipinski definition) is 4. The molecule has 0 fully saturated rings. The van der Waals surface area contributed by atoms with E-state index in [-0.39, 0.29) is 5.91 Å². The molecule has 1 rings (SSSR count). The molecule has 1 heterocycles. The first kappa shape index (κ1) is 12.9. The minimum absolute atomic E-state index is 0.00406. The summed E-state index contributed by atoms with van der Waals surface area (Å²) in [5.41, 5.74) is 0.908. The van der Waals surface area contributed by atoms with E-state index in [2.05, 4.69) is 16.9 Å². The van der Waals surface area contributed by atoms with Crippen molar-refractivity contribution >= 4 is 17.2 Å². The van der Waals surface area contributed by atoms with Crippen LogP contribution in [0.1, 0.15) is 15.6 Å². The van der Waals surface area contributed by atoms with Crippen molar-refractivity contribution in [3.8, 4) is 0 Å². The number of amides is 1. The van der Waals surface area contributed by atoms with E-state index in [1.807, 2.05) is 6.92 Å². The summed E-state index contributed by atoms with van der Waals surface area (Å²) in [4.78, 5) is 16.8. The van der Waals surface area contributed by atoms with Gasteiger partial charge in [0.05, 0.1) is 18.7 Å². The molecular formula is C11H16N2O2S. The molecule has 0 unspecified atom stereocenters. The highest BCUT2D eigenvalue weighted by Crippen LogP contribution is 2.19. The fourth-order valence-corrected chi connectivity index (χ4v) is 2.27. The van der Waals surface area contributed by atoms with Gasteiger partial charge in [-0.15, -0.1) is 17.9 Å². The van der Waals surface area contributed by atoms with Gasteiger partial charge in [-0.3, -0.25) is 4.79 Å². The fourth-order valence-electron chi connectivity index (χ4n) is 1.23. The molecular weight excluding hydrogens is 224 g/mol. The van der Waals surface area contributed by atoms with Crippen molar-refractivity contribution < 1.29 is 9.53 Å². The van der Waals surface area contributed by atoms with Crippen molar-refractivity contribution in [2.75, 3.05) is 13.7 Å². The van der Waals surface area contributed by atoms with Crippen LogP contribution in [-0.2, 0) is 22.6 Å². The number of nitrogens with zero attached hydrogens (tertiary/aromatic N) is 1. The molecule has 88 valence electrons. The summed E-state index contributed by atoms with van der Waals surface area (Å²) in [5, 5.41) is 3.65. The first-order valence-electron chi connectivity index (χ1n) is 4.99. The number of ether oxygens (including phenoxy) is 1. The van der Waals surface area contributed by atoms with Crippen LogP contribution in [0.2, 0.25) is 0 Å². The number of carbonyl (C=O) groups is 1. The van der Waals surface area contributed by atoms with Crippen LogP contribution in [0.25, 0.3) is 0 Å². The standard InChI is InChI=1S/C11H16N2O2S/c1-4-5-12-10(14)6-9-8(2)13-11(16-9)7-15-3/h4H,1,5-7H2,2-3H3,(H,12,14). The van der Waals surface area contributed by atoms with Crippen molar-refractivity contribution in [3.05, 3.63) is 28.2 Å². The number of rotatable bonds is 6. The molecule has 0 aromatic carbocycles. The lowest BCUT2D eigenvalue weighted by atomic mass is 10.3. The molecule has 0 aliphatic carbocycles. The molecule has 0 bridgehead atoms. The van der Waals surface area contributed by atoms with Crippen molar-refractivity contribution in [2.45, 2.75) is 20.0 Å². The summed E-state index contributed by atoms with van der Waals surface area (Å²) >= 11 is 1.52. The van der Waals surface area contributed by atoms with E-state index in [0.29, 0.717) is 19.6 Å². The minimum atomic E-state index is -0.00406. The molecule has 1 aromatic heterocycles. The van der Waals surface area contributed by atoms with Gasteiger partial charge in [-0.2, -0.15) is 0 Å². The monoisotopic (exact) mass is 240 g/mol. The molecule has 0 aliphatic rings. The van der Waals surface area contributed by atoms with Gasteiger partial charge in [-0.05, 0) is 6.92 Å². The summed E-state index contributed by atoms with van der Waals surface area (Å²) in [7, 11) is 1.63. The number of hydrogen-bond donors (Lipinski definition) is 1. The van der Waals surface area contributed by atoms with Crippen LogP contribution >= 0.6 is 11.3 Å². The summed E-state index contributed by atoms with van der Waals surface area (Å²) in [6.07, 6.45) is 2.04. The van der Waals surface area contributed by atoms with Gasteiger partial charge in [-0.25, -0.2) is 4.98 Å². The highest BCUT2D eigenvalue weighted by molar-refractivity contribution is 7.11. The van der Waals surface area contributed by atoms with E-state index in [4.69, 9.17) is 4.74 Å². The highest BCUT2D eigenvalue weighted by atomic mass is 32.1. The molecule has 1 amide bonds. The maximum Gasteiger partial charge on any atom is 0.225 e. The highest BCUT2D eigenvalue weighted by Gasteiger charge is 2.10. The summed E-state index contributed by atoms with van der Waals surface area (Å²) in [6, 6.07) is 0. The lowest BCUT2D eigenvalue weighted by Crippen LogP contribution is -2.24. The van der Waals surface area contributed by atoms with E-state index in [1.165, 1.54) is 11.3 Å². The van der Waals surface area contributed by atoms with Crippen LogP contribution in [0, 0.1) is 6.92 Å². The number of nitrogens with one attached hydrogen (secondary N) is 1. The number of carbonyl (C=O) groups excluding carboxylic acids is 1. The van der Waals surface area contributed by atoms with Crippen LogP contribution in [-0.4, -0.2) is 24.5 Å². The summed E-state index contributed by atoms with van der Waals surface area (Å²) in [5.74, 6) is -0.00406. The smallest absolute Gasteiger partial charge is 0.225 e. The van der Waals surface area contributed by atoms with Crippen LogP contribution in [0.3, 0.4) is 0 Å². The SMILES string of the molecule is C=CCNC(=O)Cc1sc(COC)nc1C. The molecule has 1 N–H and O–H groups in total. The Morgan fingerprint density at radius 1 is 1.69 bits per heavy atom. The molecule has 0 saturated carbocycles. The third kappa shape index (κ3) is 3.75. The Morgan fingerprint density at radius 3 is 3.06 bits per heavy atom. The molecule has 0 radical (unpaired) electrons.